The summed E-state index contributed by atoms with van der Waals surface area (Å²) in [5.41, 5.74) is 0. The Bertz CT molecular complexity index is 782. The fraction of sp³-hybridized carbons (Fsp3) is 0.600. The monoisotopic (exact) mass is 376 g/mol. The summed E-state index contributed by atoms with van der Waals surface area (Å²) >= 11 is 0. The summed E-state index contributed by atoms with van der Waals surface area (Å²) in [6.07, 6.45) is 2.59. The summed E-state index contributed by atoms with van der Waals surface area (Å²) in [5.74, 6) is 0.602. The normalized spacial score (nSPS) is 17.8. The van der Waals surface area contributed by atoms with Crippen LogP contribution in [0.25, 0.3) is 0 Å². The summed E-state index contributed by atoms with van der Waals surface area (Å²) in [5, 5.41) is 3.11. The summed E-state index contributed by atoms with van der Waals surface area (Å²) in [7, 11) is -4.06. The lowest BCUT2D eigenvalue weighted by molar-refractivity contribution is 0.270. The van der Waals surface area contributed by atoms with Gasteiger partial charge in [-0.2, -0.15) is 4.31 Å². The van der Waals surface area contributed by atoms with Crippen molar-refractivity contribution in [3.8, 4) is 5.75 Å². The summed E-state index contributed by atoms with van der Waals surface area (Å²) in [6.45, 7) is 1.70. The molecule has 0 atom stereocenters. The number of methoxy groups -OCH3 is 1. The van der Waals surface area contributed by atoms with Crippen molar-refractivity contribution >= 4 is 19.9 Å². The maximum atomic E-state index is 12.9. The number of sulfonamides is 1. The second kappa shape index (κ2) is 7.38. The molecule has 136 valence electrons. The number of ether oxygens (including phenoxy) is 1. The Hall–Kier alpha value is -1.16. The molecule has 1 N–H and O–H groups in total. The van der Waals surface area contributed by atoms with Crippen LogP contribution in [0.4, 0.5) is 0 Å². The molecule has 7 nitrogen and oxygen atoms in total. The average Bonchev–Trinajstić information content (AvgIpc) is 2.54. The van der Waals surface area contributed by atoms with E-state index < -0.39 is 19.9 Å². The van der Waals surface area contributed by atoms with Gasteiger partial charge < -0.3 is 10.1 Å². The van der Waals surface area contributed by atoms with E-state index in [0.29, 0.717) is 19.0 Å². The largest absolute Gasteiger partial charge is 0.495 e. The third kappa shape index (κ3) is 4.08. The van der Waals surface area contributed by atoms with E-state index in [2.05, 4.69) is 5.32 Å². The molecule has 1 aromatic carbocycles. The summed E-state index contributed by atoms with van der Waals surface area (Å²) < 4.78 is 55.9. The molecular weight excluding hydrogens is 352 g/mol. The third-order valence-electron chi connectivity index (χ3n) is 4.25. The van der Waals surface area contributed by atoms with Gasteiger partial charge in [0.1, 0.15) is 10.6 Å². The molecule has 1 aliphatic rings. The fourth-order valence-electron chi connectivity index (χ4n) is 2.87. The first-order valence-corrected chi connectivity index (χ1v) is 11.1. The number of piperidine rings is 1. The number of rotatable bonds is 6. The predicted octanol–water partition coefficient (Wildman–Crippen LogP) is 0.719. The molecule has 0 aromatic heterocycles. The number of nitrogens with zero attached hydrogens (tertiary/aromatic N) is 1. The average molecular weight is 377 g/mol. The minimum Gasteiger partial charge on any atom is -0.495 e. The molecule has 24 heavy (non-hydrogen) atoms. The number of hydrogen-bond acceptors (Lipinski definition) is 6. The number of sulfone groups is 1. The first-order valence-electron chi connectivity index (χ1n) is 7.73. The lowest BCUT2D eigenvalue weighted by Crippen LogP contribution is -2.40. The van der Waals surface area contributed by atoms with Crippen molar-refractivity contribution < 1.29 is 21.6 Å². The fourth-order valence-corrected chi connectivity index (χ4v) is 5.24. The van der Waals surface area contributed by atoms with Gasteiger partial charge in [0.15, 0.2) is 9.84 Å². The van der Waals surface area contributed by atoms with E-state index in [4.69, 9.17) is 4.74 Å². The molecule has 0 bridgehead atoms. The van der Waals surface area contributed by atoms with Crippen LogP contribution < -0.4 is 10.1 Å². The first-order chi connectivity index (χ1) is 11.2. The highest BCUT2D eigenvalue weighted by atomic mass is 32.2. The molecule has 0 radical (unpaired) electrons. The van der Waals surface area contributed by atoms with Gasteiger partial charge in [0.25, 0.3) is 0 Å². The van der Waals surface area contributed by atoms with Gasteiger partial charge in [-0.05, 0) is 50.6 Å². The predicted molar refractivity (Wildman–Crippen MR) is 91.5 cm³/mol. The van der Waals surface area contributed by atoms with Gasteiger partial charge in [0.05, 0.1) is 12.0 Å². The SMILES string of the molecule is CNCC1CCN(S(=O)(=O)c2cc(S(C)(=O)=O)ccc2OC)CC1. The molecule has 1 heterocycles. The third-order valence-corrected chi connectivity index (χ3v) is 7.28. The smallest absolute Gasteiger partial charge is 0.246 e. The maximum Gasteiger partial charge on any atom is 0.246 e. The molecule has 1 aliphatic heterocycles. The van der Waals surface area contributed by atoms with E-state index >= 15 is 0 Å². The van der Waals surface area contributed by atoms with E-state index in [1.807, 2.05) is 7.05 Å². The Labute approximate surface area is 144 Å². The highest BCUT2D eigenvalue weighted by Crippen LogP contribution is 2.31. The Morgan fingerprint density at radius 3 is 2.33 bits per heavy atom. The zero-order valence-electron chi connectivity index (χ0n) is 14.1. The second-order valence-electron chi connectivity index (χ2n) is 5.99. The van der Waals surface area contributed by atoms with Crippen LogP contribution in [0.5, 0.6) is 5.75 Å². The minimum atomic E-state index is -3.80. The molecule has 2 rings (SSSR count). The standard InChI is InChI=1S/C15H24N2O5S2/c1-16-11-12-6-8-17(9-7-12)24(20,21)15-10-13(23(3,18)19)4-5-14(15)22-2/h4-5,10,12,16H,6-9,11H2,1-3H3. The molecule has 0 saturated carbocycles. The van der Waals surface area contributed by atoms with Crippen LogP contribution in [0, 0.1) is 5.92 Å². The molecule has 0 spiro atoms. The minimum absolute atomic E-state index is 0.0352. The molecule has 0 unspecified atom stereocenters. The van der Waals surface area contributed by atoms with E-state index in [0.717, 1.165) is 25.6 Å². The van der Waals surface area contributed by atoms with E-state index in [1.54, 1.807) is 0 Å². The zero-order chi connectivity index (χ0) is 18.0. The molecule has 1 aromatic rings. The van der Waals surface area contributed by atoms with Crippen molar-refractivity contribution in [3.63, 3.8) is 0 Å². The van der Waals surface area contributed by atoms with Crippen LogP contribution in [0.2, 0.25) is 0 Å². The van der Waals surface area contributed by atoms with Crippen molar-refractivity contribution in [2.75, 3.05) is 40.0 Å². The Kier molecular flexibility index (Phi) is 5.90. The Balaban J connectivity index is 2.35. The van der Waals surface area contributed by atoms with Crippen LogP contribution in [-0.2, 0) is 19.9 Å². The molecule has 0 aliphatic carbocycles. The first kappa shape index (κ1) is 19.2. The maximum absolute atomic E-state index is 12.9. The van der Waals surface area contributed by atoms with Gasteiger partial charge >= 0.3 is 0 Å². The number of hydrogen-bond donors (Lipinski definition) is 1. The van der Waals surface area contributed by atoms with Crippen molar-refractivity contribution in [3.05, 3.63) is 18.2 Å². The van der Waals surface area contributed by atoms with Crippen molar-refractivity contribution in [2.45, 2.75) is 22.6 Å². The molecule has 1 saturated heterocycles. The Morgan fingerprint density at radius 2 is 1.83 bits per heavy atom. The molecular formula is C15H24N2O5S2. The van der Waals surface area contributed by atoms with Gasteiger partial charge in [-0.25, -0.2) is 16.8 Å². The van der Waals surface area contributed by atoms with Crippen molar-refractivity contribution in [1.29, 1.82) is 0 Å². The lowest BCUT2D eigenvalue weighted by Gasteiger charge is -2.31. The van der Waals surface area contributed by atoms with Crippen LogP contribution in [-0.4, -0.2) is 61.2 Å². The molecule has 1 fully saturated rings. The van der Waals surface area contributed by atoms with Crippen LogP contribution in [0.15, 0.2) is 28.0 Å². The van der Waals surface area contributed by atoms with Gasteiger partial charge in [-0.3, -0.25) is 0 Å². The quantitative estimate of drug-likeness (QED) is 0.786. The topological polar surface area (TPSA) is 92.8 Å². The molecule has 0 amide bonds. The van der Waals surface area contributed by atoms with Crippen LogP contribution >= 0.6 is 0 Å². The van der Waals surface area contributed by atoms with Crippen molar-refractivity contribution in [2.24, 2.45) is 5.92 Å². The van der Waals surface area contributed by atoms with E-state index in [9.17, 15) is 16.8 Å². The van der Waals surface area contributed by atoms with E-state index in [-0.39, 0.29) is 15.5 Å². The molecule has 9 heteroatoms. The summed E-state index contributed by atoms with van der Waals surface area (Å²) in [4.78, 5) is -0.132. The second-order valence-corrected chi connectivity index (χ2v) is 9.91. The van der Waals surface area contributed by atoms with Gasteiger partial charge in [0, 0.05) is 19.3 Å². The van der Waals surface area contributed by atoms with E-state index in [1.165, 1.54) is 29.6 Å². The van der Waals surface area contributed by atoms with Gasteiger partial charge in [0.2, 0.25) is 10.0 Å². The highest BCUT2D eigenvalue weighted by Gasteiger charge is 2.32. The highest BCUT2D eigenvalue weighted by molar-refractivity contribution is 7.91. The van der Waals surface area contributed by atoms with Gasteiger partial charge in [-0.1, -0.05) is 0 Å². The van der Waals surface area contributed by atoms with Crippen LogP contribution in [0.3, 0.4) is 0 Å². The Morgan fingerprint density at radius 1 is 1.21 bits per heavy atom. The van der Waals surface area contributed by atoms with Gasteiger partial charge in [-0.15, -0.1) is 0 Å². The lowest BCUT2D eigenvalue weighted by atomic mass is 9.98. The zero-order valence-corrected chi connectivity index (χ0v) is 15.8. The number of benzene rings is 1. The summed E-state index contributed by atoms with van der Waals surface area (Å²) in [6, 6.07) is 3.92. The van der Waals surface area contributed by atoms with Crippen LogP contribution in [0.1, 0.15) is 12.8 Å². The van der Waals surface area contributed by atoms with Crippen molar-refractivity contribution in [1.82, 2.24) is 9.62 Å². The number of nitrogens with one attached hydrogen (secondary N) is 1.